The van der Waals surface area contributed by atoms with Crippen LogP contribution in [0.25, 0.3) is 0 Å². The first-order chi connectivity index (χ1) is 10.9. The van der Waals surface area contributed by atoms with Gasteiger partial charge in [0.25, 0.3) is 0 Å². The Morgan fingerprint density at radius 3 is 2.48 bits per heavy atom. The van der Waals surface area contributed by atoms with Gasteiger partial charge in [-0.25, -0.2) is 4.79 Å². The van der Waals surface area contributed by atoms with Gasteiger partial charge in [0, 0.05) is 6.07 Å². The molecular weight excluding hydrogens is 292 g/mol. The number of hydrogen-bond acceptors (Lipinski definition) is 3. The lowest BCUT2D eigenvalue weighted by Gasteiger charge is -2.25. The van der Waals surface area contributed by atoms with Gasteiger partial charge >= 0.3 is 5.97 Å². The number of hydrogen-bond donors (Lipinski definition) is 1. The molecule has 0 aliphatic carbocycles. The molecule has 4 heteroatoms. The summed E-state index contributed by atoms with van der Waals surface area (Å²) in [7, 11) is 0. The van der Waals surface area contributed by atoms with Crippen molar-refractivity contribution in [2.24, 2.45) is 0 Å². The lowest BCUT2D eigenvalue weighted by molar-refractivity contribution is -0.154. The average Bonchev–Trinajstić information content (AvgIpc) is 2.56. The average molecular weight is 314 g/mol. The molecule has 0 heterocycles. The van der Waals surface area contributed by atoms with Crippen molar-refractivity contribution in [1.82, 2.24) is 0 Å². The maximum absolute atomic E-state index is 11.4. The van der Waals surface area contributed by atoms with E-state index in [9.17, 15) is 9.90 Å². The van der Waals surface area contributed by atoms with E-state index in [1.165, 1.54) is 0 Å². The minimum Gasteiger partial charge on any atom is -0.488 e. The molecule has 0 saturated carbocycles. The highest BCUT2D eigenvalue weighted by Crippen LogP contribution is 2.28. The van der Waals surface area contributed by atoms with E-state index in [0.717, 1.165) is 11.1 Å². The summed E-state index contributed by atoms with van der Waals surface area (Å²) >= 11 is 0. The zero-order valence-corrected chi connectivity index (χ0v) is 13.7. The SMILES string of the molecule is CC[C@](C)(Oc1ccc(C)c(OCc2ccccc2)c1)C(=O)O. The molecule has 23 heavy (non-hydrogen) atoms. The first-order valence-electron chi connectivity index (χ1n) is 7.64. The van der Waals surface area contributed by atoms with Crippen LogP contribution in [0.5, 0.6) is 11.5 Å². The highest BCUT2D eigenvalue weighted by Gasteiger charge is 2.33. The van der Waals surface area contributed by atoms with Gasteiger partial charge in [-0.15, -0.1) is 0 Å². The second-order valence-corrected chi connectivity index (χ2v) is 5.69. The molecule has 0 aliphatic rings. The molecule has 0 radical (unpaired) electrons. The molecule has 0 aliphatic heterocycles. The van der Waals surface area contributed by atoms with E-state index in [0.29, 0.717) is 24.5 Å². The van der Waals surface area contributed by atoms with E-state index < -0.39 is 11.6 Å². The molecule has 0 saturated heterocycles. The molecule has 0 bridgehead atoms. The minimum atomic E-state index is -1.24. The summed E-state index contributed by atoms with van der Waals surface area (Å²) in [6, 6.07) is 15.3. The highest BCUT2D eigenvalue weighted by atomic mass is 16.5. The molecule has 0 fully saturated rings. The first kappa shape index (κ1) is 16.9. The van der Waals surface area contributed by atoms with Gasteiger partial charge in [-0.2, -0.15) is 0 Å². The second kappa shape index (κ2) is 7.18. The van der Waals surface area contributed by atoms with Crippen LogP contribution in [0.4, 0.5) is 0 Å². The third-order valence-electron chi connectivity index (χ3n) is 3.87. The summed E-state index contributed by atoms with van der Waals surface area (Å²) in [6.45, 7) is 5.75. The number of carboxylic acids is 1. The number of aryl methyl sites for hydroxylation is 1. The third kappa shape index (κ3) is 4.25. The van der Waals surface area contributed by atoms with Crippen LogP contribution in [0.1, 0.15) is 31.4 Å². The fourth-order valence-electron chi connectivity index (χ4n) is 2.06. The molecule has 1 N–H and O–H groups in total. The van der Waals surface area contributed by atoms with E-state index in [-0.39, 0.29) is 0 Å². The fourth-order valence-corrected chi connectivity index (χ4v) is 2.06. The maximum Gasteiger partial charge on any atom is 0.347 e. The van der Waals surface area contributed by atoms with Crippen molar-refractivity contribution in [3.63, 3.8) is 0 Å². The van der Waals surface area contributed by atoms with E-state index >= 15 is 0 Å². The zero-order chi connectivity index (χ0) is 16.9. The van der Waals surface area contributed by atoms with Crippen molar-refractivity contribution in [2.45, 2.75) is 39.4 Å². The van der Waals surface area contributed by atoms with Gasteiger partial charge in [0.05, 0.1) is 0 Å². The van der Waals surface area contributed by atoms with E-state index in [1.54, 1.807) is 26.0 Å². The maximum atomic E-state index is 11.4. The Labute approximate surface area is 136 Å². The number of rotatable bonds is 7. The summed E-state index contributed by atoms with van der Waals surface area (Å²) in [4.78, 5) is 11.4. The summed E-state index contributed by atoms with van der Waals surface area (Å²) in [5, 5.41) is 9.31. The van der Waals surface area contributed by atoms with Gasteiger partial charge in [-0.1, -0.05) is 43.3 Å². The van der Waals surface area contributed by atoms with Crippen LogP contribution in [0.2, 0.25) is 0 Å². The largest absolute Gasteiger partial charge is 0.488 e. The summed E-state index contributed by atoms with van der Waals surface area (Å²) in [5.41, 5.74) is 0.801. The molecular formula is C19H22O4. The quantitative estimate of drug-likeness (QED) is 0.832. The van der Waals surface area contributed by atoms with Crippen molar-refractivity contribution >= 4 is 5.97 Å². The van der Waals surface area contributed by atoms with Crippen LogP contribution in [0, 0.1) is 6.92 Å². The Morgan fingerprint density at radius 2 is 1.87 bits per heavy atom. The van der Waals surface area contributed by atoms with Crippen molar-refractivity contribution in [3.8, 4) is 11.5 Å². The minimum absolute atomic E-state index is 0.371. The Morgan fingerprint density at radius 1 is 1.17 bits per heavy atom. The normalized spacial score (nSPS) is 13.2. The van der Waals surface area contributed by atoms with Crippen LogP contribution in [0.3, 0.4) is 0 Å². The van der Waals surface area contributed by atoms with Crippen molar-refractivity contribution in [1.29, 1.82) is 0 Å². The van der Waals surface area contributed by atoms with Gasteiger partial charge in [-0.05, 0) is 37.5 Å². The summed E-state index contributed by atoms with van der Waals surface area (Å²) in [6.07, 6.45) is 0.371. The Bertz CT molecular complexity index is 666. The molecule has 0 amide bonds. The van der Waals surface area contributed by atoms with Gasteiger partial charge in [0.2, 0.25) is 5.60 Å². The van der Waals surface area contributed by atoms with Gasteiger partial charge < -0.3 is 14.6 Å². The van der Waals surface area contributed by atoms with Crippen LogP contribution in [0.15, 0.2) is 48.5 Å². The highest BCUT2D eigenvalue weighted by molar-refractivity contribution is 5.77. The number of benzene rings is 2. The Balaban J connectivity index is 2.14. The molecule has 1 atom stereocenters. The van der Waals surface area contributed by atoms with Gasteiger partial charge in [0.15, 0.2) is 0 Å². The van der Waals surface area contributed by atoms with Crippen LogP contribution >= 0.6 is 0 Å². The smallest absolute Gasteiger partial charge is 0.347 e. The second-order valence-electron chi connectivity index (χ2n) is 5.69. The van der Waals surface area contributed by atoms with Crippen molar-refractivity contribution in [3.05, 3.63) is 59.7 Å². The fraction of sp³-hybridized carbons (Fsp3) is 0.316. The van der Waals surface area contributed by atoms with Gasteiger partial charge in [0.1, 0.15) is 18.1 Å². The number of carboxylic acid groups (broad SMARTS) is 1. The predicted molar refractivity (Wildman–Crippen MR) is 88.9 cm³/mol. The standard InChI is InChI=1S/C19H22O4/c1-4-19(3,18(20)21)23-16-11-10-14(2)17(12-16)22-13-15-8-6-5-7-9-15/h5-12H,4,13H2,1-3H3,(H,20,21)/t19-/m0/s1. The Hall–Kier alpha value is -2.49. The predicted octanol–water partition coefficient (Wildman–Crippen LogP) is 4.21. The summed E-state index contributed by atoms with van der Waals surface area (Å²) in [5.74, 6) is 0.202. The van der Waals surface area contributed by atoms with E-state index in [4.69, 9.17) is 9.47 Å². The molecule has 2 rings (SSSR count). The molecule has 0 aromatic heterocycles. The van der Waals surface area contributed by atoms with Crippen LogP contribution in [-0.2, 0) is 11.4 Å². The Kier molecular flexibility index (Phi) is 5.27. The molecule has 0 unspecified atom stereocenters. The number of carbonyl (C=O) groups is 1. The monoisotopic (exact) mass is 314 g/mol. The van der Waals surface area contributed by atoms with Crippen LogP contribution < -0.4 is 9.47 Å². The third-order valence-corrected chi connectivity index (χ3v) is 3.87. The molecule has 122 valence electrons. The lowest BCUT2D eigenvalue weighted by atomic mass is 10.0. The van der Waals surface area contributed by atoms with Crippen LogP contribution in [-0.4, -0.2) is 16.7 Å². The van der Waals surface area contributed by atoms with Crippen molar-refractivity contribution < 1.29 is 19.4 Å². The summed E-state index contributed by atoms with van der Waals surface area (Å²) < 4.78 is 11.5. The number of aliphatic carboxylic acids is 1. The van der Waals surface area contributed by atoms with Gasteiger partial charge in [-0.3, -0.25) is 0 Å². The van der Waals surface area contributed by atoms with E-state index in [1.807, 2.05) is 43.3 Å². The molecule has 4 nitrogen and oxygen atoms in total. The number of ether oxygens (including phenoxy) is 2. The topological polar surface area (TPSA) is 55.8 Å². The van der Waals surface area contributed by atoms with E-state index in [2.05, 4.69) is 0 Å². The first-order valence-corrected chi connectivity index (χ1v) is 7.64. The zero-order valence-electron chi connectivity index (χ0n) is 13.7. The lowest BCUT2D eigenvalue weighted by Crippen LogP contribution is -2.40. The van der Waals surface area contributed by atoms with Crippen molar-refractivity contribution in [2.75, 3.05) is 0 Å². The molecule has 2 aromatic rings. The molecule has 2 aromatic carbocycles. The molecule has 0 spiro atoms.